The first-order chi connectivity index (χ1) is 16.6. The summed E-state index contributed by atoms with van der Waals surface area (Å²) >= 11 is 0. The highest BCUT2D eigenvalue weighted by molar-refractivity contribution is 6.42. The van der Waals surface area contributed by atoms with Crippen LogP contribution in [0.15, 0.2) is 29.4 Å². The number of anilines is 1. The number of nitrogens with zero attached hydrogens (tertiary/aromatic N) is 1. The van der Waals surface area contributed by atoms with Gasteiger partial charge < -0.3 is 14.9 Å². The van der Waals surface area contributed by atoms with Crippen molar-refractivity contribution in [2.24, 2.45) is 10.6 Å². The maximum absolute atomic E-state index is 14.0. The summed E-state index contributed by atoms with van der Waals surface area (Å²) in [5.41, 5.74) is -4.38. The minimum Gasteiger partial charge on any atom is -0.465 e. The van der Waals surface area contributed by atoms with Crippen molar-refractivity contribution in [3.8, 4) is 0 Å². The highest BCUT2D eigenvalue weighted by Crippen LogP contribution is 2.38. The Morgan fingerprint density at radius 1 is 0.944 bits per heavy atom. The van der Waals surface area contributed by atoms with E-state index >= 15 is 0 Å². The normalized spacial score (nSPS) is 12.4. The maximum atomic E-state index is 14.0. The summed E-state index contributed by atoms with van der Waals surface area (Å²) in [5.74, 6) is -12.1. The van der Waals surface area contributed by atoms with E-state index < -0.39 is 63.7 Å². The van der Waals surface area contributed by atoms with E-state index in [4.69, 9.17) is 4.84 Å². The average molecular weight is 522 g/mol. The molecule has 2 aromatic rings. The fourth-order valence-electron chi connectivity index (χ4n) is 3.02. The van der Waals surface area contributed by atoms with Gasteiger partial charge >= 0.3 is 12.1 Å². The predicted molar refractivity (Wildman–Crippen MR) is 114 cm³/mol. The van der Waals surface area contributed by atoms with Crippen molar-refractivity contribution < 1.29 is 49.9 Å². The molecule has 0 saturated heterocycles. The number of hydrogen-bond acceptors (Lipinski definition) is 5. The van der Waals surface area contributed by atoms with Gasteiger partial charge in [0.25, 0.3) is 5.91 Å². The maximum Gasteiger partial charge on any atom is 0.422 e. The second kappa shape index (κ2) is 11.0. The van der Waals surface area contributed by atoms with Crippen LogP contribution in [0.2, 0.25) is 0 Å². The molecule has 1 N–H and O–H groups in total. The van der Waals surface area contributed by atoms with Gasteiger partial charge in [-0.2, -0.15) is 13.2 Å². The van der Waals surface area contributed by atoms with Crippen LogP contribution in [-0.4, -0.2) is 31.3 Å². The van der Waals surface area contributed by atoms with Crippen LogP contribution in [0.1, 0.15) is 42.3 Å². The molecule has 2 aromatic carbocycles. The van der Waals surface area contributed by atoms with Crippen molar-refractivity contribution >= 4 is 23.3 Å². The van der Waals surface area contributed by atoms with Gasteiger partial charge in [0.05, 0.1) is 12.7 Å². The lowest BCUT2D eigenvalue weighted by Gasteiger charge is -2.23. The Kier molecular flexibility index (Phi) is 8.70. The minimum absolute atomic E-state index is 0.0529. The highest BCUT2D eigenvalue weighted by Gasteiger charge is 2.42. The molecule has 0 bridgehead atoms. The number of alkyl halides is 3. The zero-order chi connectivity index (χ0) is 27.4. The number of benzene rings is 2. The van der Waals surface area contributed by atoms with Crippen LogP contribution in [0.5, 0.6) is 0 Å². The van der Waals surface area contributed by atoms with E-state index in [9.17, 15) is 40.3 Å². The van der Waals surface area contributed by atoms with Gasteiger partial charge in [-0.1, -0.05) is 31.1 Å². The standard InChI is InChI=1S/C23H21F7N2O4/c1-11(20(33)31-19-17(26)15(24)14(23(28,29)30)16(25)18(19)27)32-36-10-22(2,3)9-12-5-7-13(8-6-12)21(34)35-4/h5-8H,9-10H2,1-4H3,(H,31,33)/b32-11+. The number of methoxy groups -OCH3 is 1. The molecule has 0 saturated carbocycles. The van der Waals surface area contributed by atoms with Crippen LogP contribution in [0, 0.1) is 28.7 Å². The summed E-state index contributed by atoms with van der Waals surface area (Å²) in [6.07, 6.45) is -5.25. The Balaban J connectivity index is 2.07. The SMILES string of the molecule is COC(=O)c1ccc(CC(C)(C)CO/N=C(\C)C(=O)Nc2c(F)c(F)c(C(F)(F)F)c(F)c2F)cc1. The number of halogens is 7. The first kappa shape index (κ1) is 28.6. The Morgan fingerprint density at radius 2 is 1.47 bits per heavy atom. The molecular weight excluding hydrogens is 501 g/mol. The van der Waals surface area contributed by atoms with Gasteiger partial charge in [0.15, 0.2) is 23.3 Å². The van der Waals surface area contributed by atoms with Crippen LogP contribution >= 0.6 is 0 Å². The van der Waals surface area contributed by atoms with Crippen molar-refractivity contribution in [3.63, 3.8) is 0 Å². The lowest BCUT2D eigenvalue weighted by molar-refractivity contribution is -0.143. The second-order valence-electron chi connectivity index (χ2n) is 8.44. The lowest BCUT2D eigenvalue weighted by Crippen LogP contribution is -2.25. The number of nitrogens with one attached hydrogen (secondary N) is 1. The second-order valence-corrected chi connectivity index (χ2v) is 8.44. The fourth-order valence-corrected chi connectivity index (χ4v) is 3.02. The summed E-state index contributed by atoms with van der Waals surface area (Å²) in [6, 6.07) is 6.58. The van der Waals surface area contributed by atoms with Crippen molar-refractivity contribution in [1.29, 1.82) is 0 Å². The van der Waals surface area contributed by atoms with Crippen LogP contribution in [0.25, 0.3) is 0 Å². The predicted octanol–water partition coefficient (Wildman–Crippen LogP) is 5.65. The largest absolute Gasteiger partial charge is 0.465 e. The zero-order valence-corrected chi connectivity index (χ0v) is 19.4. The van der Waals surface area contributed by atoms with Gasteiger partial charge in [0, 0.05) is 5.41 Å². The van der Waals surface area contributed by atoms with Gasteiger partial charge in [-0.3, -0.25) is 4.79 Å². The third-order valence-corrected chi connectivity index (χ3v) is 4.83. The van der Waals surface area contributed by atoms with Crippen molar-refractivity contribution in [2.75, 3.05) is 19.0 Å². The van der Waals surface area contributed by atoms with E-state index in [1.54, 1.807) is 38.1 Å². The molecule has 2 rings (SSSR count). The summed E-state index contributed by atoms with van der Waals surface area (Å²) in [6.45, 7) is 4.58. The molecule has 0 heterocycles. The van der Waals surface area contributed by atoms with Crippen LogP contribution < -0.4 is 5.32 Å². The molecule has 0 aromatic heterocycles. The van der Waals surface area contributed by atoms with Gasteiger partial charge in [-0.25, -0.2) is 22.4 Å². The Hall–Kier alpha value is -3.64. The van der Waals surface area contributed by atoms with Crippen LogP contribution in [0.3, 0.4) is 0 Å². The molecular formula is C23H21F7N2O4. The smallest absolute Gasteiger partial charge is 0.422 e. The Labute approximate surface area is 201 Å². The average Bonchev–Trinajstić information content (AvgIpc) is 2.79. The number of hydrogen-bond donors (Lipinski definition) is 1. The number of amides is 1. The molecule has 196 valence electrons. The number of esters is 1. The minimum atomic E-state index is -5.71. The first-order valence-electron chi connectivity index (χ1n) is 10.2. The lowest BCUT2D eigenvalue weighted by atomic mass is 9.86. The molecule has 0 atom stereocenters. The molecule has 0 aliphatic rings. The molecule has 0 unspecified atom stereocenters. The number of carbonyl (C=O) groups is 2. The third-order valence-electron chi connectivity index (χ3n) is 4.83. The number of rotatable bonds is 8. The van der Waals surface area contributed by atoms with Crippen LogP contribution in [-0.2, 0) is 27.0 Å². The monoisotopic (exact) mass is 522 g/mol. The number of oxime groups is 1. The van der Waals surface area contributed by atoms with Crippen LogP contribution in [0.4, 0.5) is 36.4 Å². The van der Waals surface area contributed by atoms with Gasteiger partial charge in [0.1, 0.15) is 23.6 Å². The van der Waals surface area contributed by atoms with E-state index in [2.05, 4.69) is 9.89 Å². The third kappa shape index (κ3) is 6.73. The van der Waals surface area contributed by atoms with Crippen molar-refractivity contribution in [2.45, 2.75) is 33.4 Å². The van der Waals surface area contributed by atoms with E-state index in [1.165, 1.54) is 12.4 Å². The zero-order valence-electron chi connectivity index (χ0n) is 19.4. The Morgan fingerprint density at radius 3 is 1.94 bits per heavy atom. The first-order valence-corrected chi connectivity index (χ1v) is 10.2. The van der Waals surface area contributed by atoms with Crippen molar-refractivity contribution in [3.05, 3.63) is 64.2 Å². The molecule has 0 radical (unpaired) electrons. The van der Waals surface area contributed by atoms with Crippen molar-refractivity contribution in [1.82, 2.24) is 0 Å². The fraction of sp³-hybridized carbons (Fsp3) is 0.348. The molecule has 13 heteroatoms. The molecule has 1 amide bonds. The summed E-state index contributed by atoms with van der Waals surface area (Å²) in [4.78, 5) is 28.7. The summed E-state index contributed by atoms with van der Waals surface area (Å²) < 4.78 is 98.0. The molecule has 0 aliphatic carbocycles. The molecule has 0 spiro atoms. The summed E-state index contributed by atoms with van der Waals surface area (Å²) in [5, 5.41) is 4.95. The molecule has 0 aliphatic heterocycles. The van der Waals surface area contributed by atoms with E-state index in [1.807, 2.05) is 0 Å². The van der Waals surface area contributed by atoms with Gasteiger partial charge in [0.2, 0.25) is 0 Å². The van der Waals surface area contributed by atoms with E-state index in [0.29, 0.717) is 12.0 Å². The van der Waals surface area contributed by atoms with Gasteiger partial charge in [-0.15, -0.1) is 0 Å². The van der Waals surface area contributed by atoms with E-state index in [0.717, 1.165) is 12.5 Å². The Bertz CT molecular complexity index is 1150. The number of ether oxygens (including phenoxy) is 1. The molecule has 36 heavy (non-hydrogen) atoms. The van der Waals surface area contributed by atoms with E-state index in [-0.39, 0.29) is 6.61 Å². The highest BCUT2D eigenvalue weighted by atomic mass is 19.4. The summed E-state index contributed by atoms with van der Waals surface area (Å²) in [7, 11) is 1.26. The quantitative estimate of drug-likeness (QED) is 0.160. The molecule has 6 nitrogen and oxygen atoms in total. The van der Waals surface area contributed by atoms with Gasteiger partial charge in [-0.05, 0) is 31.0 Å². The molecule has 0 fully saturated rings. The number of carbonyl (C=O) groups excluding carboxylic acids is 2. The topological polar surface area (TPSA) is 77.0 Å².